The lowest BCUT2D eigenvalue weighted by Crippen LogP contribution is -2.38. The van der Waals surface area contributed by atoms with Crippen LogP contribution >= 0.6 is 0 Å². The number of hydrogen-bond donors (Lipinski definition) is 1. The zero-order valence-corrected chi connectivity index (χ0v) is 13.4. The Kier molecular flexibility index (Phi) is 4.81. The lowest BCUT2D eigenvalue weighted by atomic mass is 10.1. The van der Waals surface area contributed by atoms with Crippen LogP contribution in [-0.4, -0.2) is 14.6 Å². The Morgan fingerprint density at radius 3 is 1.74 bits per heavy atom. The molecule has 0 heterocycles. The van der Waals surface area contributed by atoms with Gasteiger partial charge in [-0.2, -0.15) is 17.9 Å². The van der Waals surface area contributed by atoms with Gasteiger partial charge in [-0.05, 0) is 31.5 Å². The van der Waals surface area contributed by atoms with Crippen molar-refractivity contribution in [1.82, 2.24) is 4.72 Å². The lowest BCUT2D eigenvalue weighted by Gasteiger charge is -2.22. The minimum absolute atomic E-state index is 0.154. The maximum atomic E-state index is 13.3. The van der Waals surface area contributed by atoms with Crippen molar-refractivity contribution in [2.45, 2.75) is 31.0 Å². The fourth-order valence-electron chi connectivity index (χ4n) is 2.02. The molecule has 2 aromatic carbocycles. The van der Waals surface area contributed by atoms with Crippen LogP contribution in [0.25, 0.3) is 0 Å². The molecule has 0 saturated heterocycles. The Labute approximate surface area is 133 Å². The maximum Gasteiger partial charge on any atom is 0.408 e. The zero-order valence-electron chi connectivity index (χ0n) is 12.6. The van der Waals surface area contributed by atoms with E-state index in [2.05, 4.69) is 0 Å². The van der Waals surface area contributed by atoms with E-state index in [1.807, 2.05) is 0 Å². The quantitative estimate of drug-likeness (QED) is 0.916. The van der Waals surface area contributed by atoms with Gasteiger partial charge in [-0.3, -0.25) is 0 Å². The smallest absolute Gasteiger partial charge is 0.207 e. The Hall–Kier alpha value is -1.86. The Morgan fingerprint density at radius 1 is 0.870 bits per heavy atom. The maximum absolute atomic E-state index is 13.3. The molecule has 124 valence electrons. The predicted octanol–water partition coefficient (Wildman–Crippen LogP) is 3.89. The molecule has 0 aliphatic heterocycles. The first kappa shape index (κ1) is 17.5. The molecule has 0 aliphatic carbocycles. The van der Waals surface area contributed by atoms with Crippen molar-refractivity contribution in [2.75, 3.05) is 0 Å². The van der Waals surface area contributed by atoms with Gasteiger partial charge in [0, 0.05) is 0 Å². The van der Waals surface area contributed by atoms with E-state index < -0.39 is 22.2 Å². The molecule has 2 rings (SSSR count). The molecule has 7 heteroatoms. The zero-order chi connectivity index (χ0) is 17.3. The molecule has 0 amide bonds. The Balaban J connectivity index is 2.38. The third-order valence-corrected chi connectivity index (χ3v) is 4.78. The lowest BCUT2D eigenvalue weighted by molar-refractivity contribution is -0.153. The van der Waals surface area contributed by atoms with Gasteiger partial charge in [-0.15, -0.1) is 0 Å². The van der Waals surface area contributed by atoms with Gasteiger partial charge in [0.15, 0.2) is 0 Å². The van der Waals surface area contributed by atoms with Gasteiger partial charge in [-0.1, -0.05) is 47.5 Å². The normalized spacial score (nSPS) is 13.8. The van der Waals surface area contributed by atoms with Crippen molar-refractivity contribution < 1.29 is 21.6 Å². The summed E-state index contributed by atoms with van der Waals surface area (Å²) < 4.78 is 66.1. The number of hydrogen-bond acceptors (Lipinski definition) is 2. The summed E-state index contributed by atoms with van der Waals surface area (Å²) in [4.78, 5) is -0.204. The summed E-state index contributed by atoms with van der Waals surface area (Å²) in [6.07, 6.45) is -4.74. The van der Waals surface area contributed by atoms with Crippen molar-refractivity contribution in [3.05, 3.63) is 65.2 Å². The van der Waals surface area contributed by atoms with Gasteiger partial charge in [-0.25, -0.2) is 8.42 Å². The van der Waals surface area contributed by atoms with Crippen molar-refractivity contribution in [2.24, 2.45) is 0 Å². The van der Waals surface area contributed by atoms with Crippen molar-refractivity contribution >= 4 is 10.0 Å². The van der Waals surface area contributed by atoms with Crippen LogP contribution < -0.4 is 4.72 Å². The molecule has 0 spiro atoms. The minimum Gasteiger partial charge on any atom is -0.207 e. The van der Waals surface area contributed by atoms with Gasteiger partial charge < -0.3 is 0 Å². The first-order chi connectivity index (χ1) is 10.6. The molecule has 0 aromatic heterocycles. The highest BCUT2D eigenvalue weighted by Crippen LogP contribution is 2.34. The van der Waals surface area contributed by atoms with Crippen LogP contribution in [0, 0.1) is 13.8 Å². The summed E-state index contributed by atoms with van der Waals surface area (Å²) in [6, 6.07) is 8.88. The number of nitrogens with one attached hydrogen (secondary N) is 1. The highest BCUT2D eigenvalue weighted by molar-refractivity contribution is 7.89. The predicted molar refractivity (Wildman–Crippen MR) is 81.5 cm³/mol. The largest absolute Gasteiger partial charge is 0.408 e. The van der Waals surface area contributed by atoms with Crippen molar-refractivity contribution in [3.8, 4) is 0 Å². The Morgan fingerprint density at radius 2 is 1.30 bits per heavy atom. The van der Waals surface area contributed by atoms with Crippen LogP contribution in [0.5, 0.6) is 0 Å². The van der Waals surface area contributed by atoms with E-state index in [0.717, 1.165) is 11.1 Å². The van der Waals surface area contributed by atoms with Crippen LogP contribution in [-0.2, 0) is 10.0 Å². The topological polar surface area (TPSA) is 46.2 Å². The van der Waals surface area contributed by atoms with Crippen LogP contribution in [0.3, 0.4) is 0 Å². The van der Waals surface area contributed by atoms with Gasteiger partial charge in [0.2, 0.25) is 10.0 Å². The van der Waals surface area contributed by atoms with Crippen LogP contribution in [0.1, 0.15) is 22.7 Å². The summed E-state index contributed by atoms with van der Waals surface area (Å²) in [5.41, 5.74) is 1.45. The van der Waals surface area contributed by atoms with E-state index in [9.17, 15) is 21.6 Å². The van der Waals surface area contributed by atoms with E-state index in [-0.39, 0.29) is 10.5 Å². The summed E-state index contributed by atoms with van der Waals surface area (Å²) in [7, 11) is -4.29. The van der Waals surface area contributed by atoms with Gasteiger partial charge in [0.05, 0.1) is 4.90 Å². The number of aryl methyl sites for hydroxylation is 2. The second kappa shape index (κ2) is 6.33. The molecular weight excluding hydrogens is 327 g/mol. The number of halogens is 3. The third kappa shape index (κ3) is 4.33. The number of sulfonamides is 1. The van der Waals surface area contributed by atoms with Crippen LogP contribution in [0.2, 0.25) is 0 Å². The SMILES string of the molecule is Cc1ccc([C@H](NS(=O)(=O)c2ccc(C)cc2)C(F)(F)F)cc1. The van der Waals surface area contributed by atoms with E-state index in [1.54, 1.807) is 18.6 Å². The molecule has 0 aliphatic rings. The second-order valence-electron chi connectivity index (χ2n) is 5.32. The monoisotopic (exact) mass is 343 g/mol. The molecule has 0 bridgehead atoms. The second-order valence-corrected chi connectivity index (χ2v) is 7.03. The summed E-state index contributed by atoms with van der Waals surface area (Å²) in [5, 5.41) is 0. The van der Waals surface area contributed by atoms with Crippen molar-refractivity contribution in [3.63, 3.8) is 0 Å². The first-order valence-corrected chi connectivity index (χ1v) is 8.30. The molecule has 0 saturated carbocycles. The van der Waals surface area contributed by atoms with Gasteiger partial charge >= 0.3 is 6.18 Å². The summed E-state index contributed by atoms with van der Waals surface area (Å²) in [6.45, 7) is 3.50. The molecular formula is C16H16F3NO2S. The molecule has 23 heavy (non-hydrogen) atoms. The molecule has 1 atom stereocenters. The molecule has 1 N–H and O–H groups in total. The average Bonchev–Trinajstić information content (AvgIpc) is 2.45. The summed E-state index contributed by atoms with van der Waals surface area (Å²) >= 11 is 0. The van der Waals surface area contributed by atoms with Gasteiger partial charge in [0.25, 0.3) is 0 Å². The van der Waals surface area contributed by atoms with E-state index in [0.29, 0.717) is 0 Å². The average molecular weight is 343 g/mol. The fraction of sp³-hybridized carbons (Fsp3) is 0.250. The first-order valence-electron chi connectivity index (χ1n) is 6.82. The standard InChI is InChI=1S/C16H16F3NO2S/c1-11-3-7-13(8-4-11)15(16(17,18)19)20-23(21,22)14-9-5-12(2)6-10-14/h3-10,15,20H,1-2H3/t15-/m0/s1. The van der Waals surface area contributed by atoms with E-state index in [4.69, 9.17) is 0 Å². The number of alkyl halides is 3. The molecule has 0 unspecified atom stereocenters. The molecule has 0 fully saturated rings. The van der Waals surface area contributed by atoms with E-state index in [1.165, 1.54) is 48.5 Å². The van der Waals surface area contributed by atoms with Gasteiger partial charge in [0.1, 0.15) is 6.04 Å². The van der Waals surface area contributed by atoms with E-state index >= 15 is 0 Å². The molecule has 3 nitrogen and oxygen atoms in total. The third-order valence-electron chi connectivity index (χ3n) is 3.34. The molecule has 2 aromatic rings. The fourth-order valence-corrected chi connectivity index (χ4v) is 3.23. The number of benzene rings is 2. The Bertz CT molecular complexity index is 766. The minimum atomic E-state index is -4.74. The van der Waals surface area contributed by atoms with Crippen LogP contribution in [0.15, 0.2) is 53.4 Å². The van der Waals surface area contributed by atoms with Crippen LogP contribution in [0.4, 0.5) is 13.2 Å². The summed E-state index contributed by atoms with van der Waals surface area (Å²) in [5.74, 6) is 0. The number of rotatable bonds is 4. The van der Waals surface area contributed by atoms with Crippen molar-refractivity contribution in [1.29, 1.82) is 0 Å². The highest BCUT2D eigenvalue weighted by atomic mass is 32.2. The highest BCUT2D eigenvalue weighted by Gasteiger charge is 2.43. The molecule has 0 radical (unpaired) electrons.